The van der Waals surface area contributed by atoms with Crippen molar-refractivity contribution in [1.29, 1.82) is 0 Å². The van der Waals surface area contributed by atoms with Crippen molar-refractivity contribution in [1.82, 2.24) is 5.32 Å². The molecule has 2 aliphatic rings. The van der Waals surface area contributed by atoms with Gasteiger partial charge in [-0.25, -0.2) is 4.39 Å². The third kappa shape index (κ3) is 2.11. The second-order valence-electron chi connectivity index (χ2n) is 5.21. The molecule has 0 aromatic carbocycles. The van der Waals surface area contributed by atoms with Crippen LogP contribution in [0.15, 0.2) is 23.0 Å². The number of hydrogen-bond donors (Lipinski definition) is 1. The highest BCUT2D eigenvalue weighted by Gasteiger charge is 2.40. The van der Waals surface area contributed by atoms with Gasteiger partial charge in [-0.3, -0.25) is 9.59 Å². The molecule has 2 rings (SSSR count). The summed E-state index contributed by atoms with van der Waals surface area (Å²) < 4.78 is 13.8. The molecule has 4 heteroatoms. The fourth-order valence-corrected chi connectivity index (χ4v) is 2.85. The second kappa shape index (κ2) is 4.67. The number of carbonyl (C=O) groups is 2. The average Bonchev–Trinajstić information content (AvgIpc) is 2.28. The third-order valence-corrected chi connectivity index (χ3v) is 3.91. The van der Waals surface area contributed by atoms with Crippen LogP contribution in [0.5, 0.6) is 0 Å². The molecular weight excluding hydrogens is 233 g/mol. The highest BCUT2D eigenvalue weighted by Crippen LogP contribution is 2.40. The molecule has 3 atom stereocenters. The van der Waals surface area contributed by atoms with E-state index in [1.54, 1.807) is 6.92 Å². The number of carbonyl (C=O) groups excluding carboxylic acids is 2. The van der Waals surface area contributed by atoms with Crippen molar-refractivity contribution in [2.45, 2.75) is 39.7 Å². The van der Waals surface area contributed by atoms with Crippen LogP contribution < -0.4 is 5.32 Å². The van der Waals surface area contributed by atoms with Gasteiger partial charge in [0.05, 0.1) is 12.0 Å². The van der Waals surface area contributed by atoms with Crippen molar-refractivity contribution >= 4 is 11.7 Å². The number of hydrogen-bond acceptors (Lipinski definition) is 2. The van der Waals surface area contributed by atoms with Gasteiger partial charge in [0.25, 0.3) is 0 Å². The molecule has 0 saturated heterocycles. The maximum absolute atomic E-state index is 13.8. The largest absolute Gasteiger partial charge is 0.349 e. The summed E-state index contributed by atoms with van der Waals surface area (Å²) in [5, 5.41) is 2.67. The predicted octanol–water partition coefficient (Wildman–Crippen LogP) is 2.29. The quantitative estimate of drug-likeness (QED) is 0.777. The smallest absolute Gasteiger partial charge is 0.217 e. The lowest BCUT2D eigenvalue weighted by Gasteiger charge is -2.36. The number of Topliss-reactive ketones (excluding diaryl/α,β-unsaturated/α-hetero) is 1. The fourth-order valence-electron chi connectivity index (χ4n) is 2.85. The van der Waals surface area contributed by atoms with Crippen LogP contribution in [0.3, 0.4) is 0 Å². The Morgan fingerprint density at radius 3 is 2.78 bits per heavy atom. The molecule has 0 aromatic rings. The molecule has 1 saturated carbocycles. The van der Waals surface area contributed by atoms with Gasteiger partial charge in [-0.2, -0.15) is 0 Å². The zero-order valence-electron chi connectivity index (χ0n) is 10.9. The van der Waals surface area contributed by atoms with Crippen LogP contribution >= 0.6 is 0 Å². The third-order valence-electron chi connectivity index (χ3n) is 3.91. The van der Waals surface area contributed by atoms with Crippen molar-refractivity contribution in [3.8, 4) is 0 Å². The van der Waals surface area contributed by atoms with Crippen molar-refractivity contribution in [3.63, 3.8) is 0 Å². The lowest BCUT2D eigenvalue weighted by Crippen LogP contribution is -2.47. The molecule has 1 N–H and O–H groups in total. The number of rotatable bonds is 1. The van der Waals surface area contributed by atoms with E-state index < -0.39 is 6.04 Å². The first-order valence-electron chi connectivity index (χ1n) is 6.30. The Bertz CT molecular complexity index is 464. The Kier molecular flexibility index (Phi) is 3.37. The molecule has 0 aromatic heterocycles. The minimum atomic E-state index is -0.531. The lowest BCUT2D eigenvalue weighted by molar-refractivity contribution is -0.127. The van der Waals surface area contributed by atoms with Crippen LogP contribution in [-0.4, -0.2) is 17.7 Å². The van der Waals surface area contributed by atoms with Gasteiger partial charge in [0.1, 0.15) is 11.6 Å². The monoisotopic (exact) mass is 251 g/mol. The van der Waals surface area contributed by atoms with E-state index in [2.05, 4.69) is 5.32 Å². The van der Waals surface area contributed by atoms with Gasteiger partial charge in [-0.1, -0.05) is 12.5 Å². The molecule has 1 fully saturated rings. The Hall–Kier alpha value is -1.45. The molecule has 0 aliphatic heterocycles. The molecule has 0 bridgehead atoms. The maximum Gasteiger partial charge on any atom is 0.217 e. The van der Waals surface area contributed by atoms with E-state index in [1.165, 1.54) is 13.0 Å². The first-order chi connectivity index (χ1) is 8.41. The van der Waals surface area contributed by atoms with E-state index in [4.69, 9.17) is 0 Å². The molecule has 0 radical (unpaired) electrons. The number of amides is 1. The Morgan fingerprint density at radius 2 is 2.17 bits per heavy atom. The fraction of sp³-hybridized carbons (Fsp3) is 0.571. The first-order valence-corrected chi connectivity index (χ1v) is 6.30. The summed E-state index contributed by atoms with van der Waals surface area (Å²) in [4.78, 5) is 23.4. The molecular formula is C14H18FNO2. The summed E-state index contributed by atoms with van der Waals surface area (Å²) in [6.07, 6.45) is 2.86. The van der Waals surface area contributed by atoms with Gasteiger partial charge in [0.15, 0.2) is 0 Å². The maximum atomic E-state index is 13.8. The number of halogens is 1. The number of ketones is 1. The van der Waals surface area contributed by atoms with E-state index >= 15 is 0 Å². The van der Waals surface area contributed by atoms with Crippen molar-refractivity contribution in [2.24, 2.45) is 11.8 Å². The Labute approximate surface area is 106 Å². The summed E-state index contributed by atoms with van der Waals surface area (Å²) in [7, 11) is 0. The number of allylic oxidation sites excluding steroid dienone is 2. The molecule has 0 heterocycles. The minimum Gasteiger partial charge on any atom is -0.349 e. The second-order valence-corrected chi connectivity index (χ2v) is 5.21. The van der Waals surface area contributed by atoms with Crippen LogP contribution in [0.25, 0.3) is 0 Å². The topological polar surface area (TPSA) is 46.2 Å². The Morgan fingerprint density at radius 1 is 1.50 bits per heavy atom. The van der Waals surface area contributed by atoms with Crippen LogP contribution in [-0.2, 0) is 9.59 Å². The number of nitrogens with one attached hydrogen (secondary N) is 1. The summed E-state index contributed by atoms with van der Waals surface area (Å²) in [6, 6.07) is -0.531. The van der Waals surface area contributed by atoms with Gasteiger partial charge in [-0.05, 0) is 31.4 Å². The van der Waals surface area contributed by atoms with E-state index in [-0.39, 0.29) is 29.4 Å². The van der Waals surface area contributed by atoms with Gasteiger partial charge in [0.2, 0.25) is 5.91 Å². The zero-order valence-corrected chi connectivity index (χ0v) is 10.9. The van der Waals surface area contributed by atoms with Crippen molar-refractivity contribution < 1.29 is 14.0 Å². The molecule has 0 spiro atoms. The molecule has 2 aliphatic carbocycles. The van der Waals surface area contributed by atoms with Gasteiger partial charge in [0, 0.05) is 12.8 Å². The van der Waals surface area contributed by atoms with E-state index in [0.29, 0.717) is 5.57 Å². The van der Waals surface area contributed by atoms with Crippen LogP contribution in [0.1, 0.15) is 33.6 Å². The van der Waals surface area contributed by atoms with E-state index in [9.17, 15) is 14.0 Å². The molecule has 98 valence electrons. The average molecular weight is 251 g/mol. The van der Waals surface area contributed by atoms with Gasteiger partial charge >= 0.3 is 0 Å². The molecule has 18 heavy (non-hydrogen) atoms. The molecule has 1 amide bonds. The van der Waals surface area contributed by atoms with Crippen molar-refractivity contribution in [2.75, 3.05) is 0 Å². The lowest BCUT2D eigenvalue weighted by atomic mass is 9.70. The van der Waals surface area contributed by atoms with Crippen LogP contribution in [0.2, 0.25) is 0 Å². The standard InChI is InChI=1S/C14H18FNO2/c1-7-4-5-10-8(2)11(15)6-12(16-9(3)17)13(10)14(7)18/h6-7,12-13H,4-5H2,1-3H3,(H,16,17). The minimum absolute atomic E-state index is 0.0163. The van der Waals surface area contributed by atoms with Gasteiger partial charge in [-0.15, -0.1) is 0 Å². The molecule has 3 nitrogen and oxygen atoms in total. The summed E-state index contributed by atoms with van der Waals surface area (Å²) >= 11 is 0. The van der Waals surface area contributed by atoms with Crippen molar-refractivity contribution in [3.05, 3.63) is 23.0 Å². The summed E-state index contributed by atoms with van der Waals surface area (Å²) in [5.41, 5.74) is 1.43. The van der Waals surface area contributed by atoms with Crippen LogP contribution in [0.4, 0.5) is 4.39 Å². The Balaban J connectivity index is 2.39. The zero-order chi connectivity index (χ0) is 13.4. The summed E-state index contributed by atoms with van der Waals surface area (Å²) in [5.74, 6) is -0.844. The highest BCUT2D eigenvalue weighted by atomic mass is 19.1. The first kappa shape index (κ1) is 13.0. The normalized spacial score (nSPS) is 31.9. The highest BCUT2D eigenvalue weighted by molar-refractivity contribution is 5.89. The molecule has 3 unspecified atom stereocenters. The van der Waals surface area contributed by atoms with E-state index in [0.717, 1.165) is 18.4 Å². The van der Waals surface area contributed by atoms with Gasteiger partial charge < -0.3 is 5.32 Å². The predicted molar refractivity (Wildman–Crippen MR) is 66.4 cm³/mol. The van der Waals surface area contributed by atoms with E-state index in [1.807, 2.05) is 6.92 Å². The van der Waals surface area contributed by atoms with Crippen LogP contribution in [0, 0.1) is 11.8 Å². The SMILES string of the molecule is CC(=O)NC1C=C(F)C(C)=C2CCC(C)C(=O)C21. The number of fused-ring (bicyclic) bond motifs is 1. The summed E-state index contributed by atoms with van der Waals surface area (Å²) in [6.45, 7) is 4.99.